The average Bonchev–Trinajstić information content (AvgIpc) is 3.37. The first-order valence-corrected chi connectivity index (χ1v) is 7.19. The smallest absolute Gasteiger partial charge is 0.244 e. The van der Waals surface area contributed by atoms with Crippen LogP contribution < -0.4 is 20.1 Å². The Labute approximate surface area is 129 Å². The fraction of sp³-hybridized carbons (Fsp3) is 0.400. The van der Waals surface area contributed by atoms with Crippen molar-refractivity contribution in [3.8, 4) is 11.5 Å². The monoisotopic (exact) mass is 301 g/mol. The van der Waals surface area contributed by atoms with E-state index < -0.39 is 0 Å². The van der Waals surface area contributed by atoms with Crippen molar-refractivity contribution in [3.05, 3.63) is 30.0 Å². The van der Waals surface area contributed by atoms with Gasteiger partial charge in [-0.05, 0) is 30.5 Å². The van der Waals surface area contributed by atoms with Gasteiger partial charge in [0.15, 0.2) is 17.3 Å². The molecule has 116 valence electrons. The van der Waals surface area contributed by atoms with E-state index in [1.165, 1.54) is 12.8 Å². The topological polar surface area (TPSA) is 81.2 Å². The van der Waals surface area contributed by atoms with E-state index in [0.717, 1.165) is 11.4 Å². The minimum absolute atomic E-state index is 0.500. The molecule has 3 rings (SSSR count). The highest BCUT2D eigenvalue weighted by molar-refractivity contribution is 5.44. The summed E-state index contributed by atoms with van der Waals surface area (Å²) in [5, 5.41) is 14.4. The highest BCUT2D eigenvalue weighted by Crippen LogP contribution is 2.27. The van der Waals surface area contributed by atoms with E-state index in [-0.39, 0.29) is 0 Å². The second-order valence-electron chi connectivity index (χ2n) is 5.13. The molecular formula is C15H19N5O2. The van der Waals surface area contributed by atoms with Gasteiger partial charge in [0.05, 0.1) is 20.4 Å². The van der Waals surface area contributed by atoms with E-state index in [1.54, 1.807) is 20.4 Å². The Morgan fingerprint density at radius 2 is 2.00 bits per heavy atom. The summed E-state index contributed by atoms with van der Waals surface area (Å²) < 4.78 is 10.5. The lowest BCUT2D eigenvalue weighted by Gasteiger charge is -2.10. The summed E-state index contributed by atoms with van der Waals surface area (Å²) in [6.45, 7) is 0.578. The molecule has 22 heavy (non-hydrogen) atoms. The number of hydrogen-bond acceptors (Lipinski definition) is 7. The van der Waals surface area contributed by atoms with E-state index >= 15 is 0 Å². The molecule has 0 atom stereocenters. The van der Waals surface area contributed by atoms with Crippen molar-refractivity contribution in [2.75, 3.05) is 24.9 Å². The van der Waals surface area contributed by atoms with Gasteiger partial charge in [-0.3, -0.25) is 0 Å². The third kappa shape index (κ3) is 3.55. The summed E-state index contributed by atoms with van der Waals surface area (Å²) >= 11 is 0. The Morgan fingerprint density at radius 3 is 2.73 bits per heavy atom. The number of nitrogens with zero attached hydrogens (tertiary/aromatic N) is 3. The largest absolute Gasteiger partial charge is 0.493 e. The number of anilines is 2. The molecule has 1 fully saturated rings. The van der Waals surface area contributed by atoms with Gasteiger partial charge in [0.25, 0.3) is 0 Å². The van der Waals surface area contributed by atoms with E-state index in [4.69, 9.17) is 9.47 Å². The van der Waals surface area contributed by atoms with Gasteiger partial charge in [0.2, 0.25) is 5.95 Å². The second-order valence-corrected chi connectivity index (χ2v) is 5.13. The molecule has 0 spiro atoms. The lowest BCUT2D eigenvalue weighted by atomic mass is 10.2. The zero-order valence-electron chi connectivity index (χ0n) is 12.7. The third-order valence-corrected chi connectivity index (χ3v) is 3.39. The SMILES string of the molecule is COc1ccc(CNc2nncc(NC3CC3)n2)cc1OC. The maximum Gasteiger partial charge on any atom is 0.244 e. The highest BCUT2D eigenvalue weighted by atomic mass is 16.5. The molecule has 1 aliphatic rings. The molecule has 1 aliphatic carbocycles. The van der Waals surface area contributed by atoms with Crippen molar-refractivity contribution in [1.29, 1.82) is 0 Å². The summed E-state index contributed by atoms with van der Waals surface area (Å²) in [7, 11) is 3.24. The maximum atomic E-state index is 5.29. The van der Waals surface area contributed by atoms with Crippen LogP contribution in [-0.4, -0.2) is 35.4 Å². The molecule has 0 radical (unpaired) electrons. The second kappa shape index (κ2) is 6.46. The molecule has 1 saturated carbocycles. The molecule has 0 unspecified atom stereocenters. The summed E-state index contributed by atoms with van der Waals surface area (Å²) in [5.74, 6) is 2.66. The van der Waals surface area contributed by atoms with Gasteiger partial charge in [0.1, 0.15) is 0 Å². The van der Waals surface area contributed by atoms with Crippen LogP contribution in [0, 0.1) is 0 Å². The van der Waals surface area contributed by atoms with Crippen LogP contribution in [0.4, 0.5) is 11.8 Å². The van der Waals surface area contributed by atoms with Crippen LogP contribution in [0.25, 0.3) is 0 Å². The summed E-state index contributed by atoms with van der Waals surface area (Å²) in [6, 6.07) is 6.30. The molecular weight excluding hydrogens is 282 g/mol. The molecule has 0 amide bonds. The van der Waals surface area contributed by atoms with Crippen LogP contribution in [0.5, 0.6) is 11.5 Å². The van der Waals surface area contributed by atoms with Crippen molar-refractivity contribution in [3.63, 3.8) is 0 Å². The maximum absolute atomic E-state index is 5.29. The quantitative estimate of drug-likeness (QED) is 0.810. The zero-order chi connectivity index (χ0) is 15.4. The molecule has 0 aliphatic heterocycles. The minimum atomic E-state index is 0.500. The summed E-state index contributed by atoms with van der Waals surface area (Å²) in [6.07, 6.45) is 4.02. The normalized spacial score (nSPS) is 13.5. The third-order valence-electron chi connectivity index (χ3n) is 3.39. The van der Waals surface area contributed by atoms with Gasteiger partial charge >= 0.3 is 0 Å². The number of hydrogen-bond donors (Lipinski definition) is 2. The lowest BCUT2D eigenvalue weighted by Crippen LogP contribution is -2.09. The standard InChI is InChI=1S/C15H19N5O2/c1-21-12-6-3-10(7-13(12)22-2)8-16-15-19-14(9-17-20-15)18-11-4-5-11/h3,6-7,9,11H,4-5,8H2,1-2H3,(H2,16,18,19,20). The van der Waals surface area contributed by atoms with Crippen molar-refractivity contribution in [2.24, 2.45) is 0 Å². The molecule has 1 aromatic carbocycles. The van der Waals surface area contributed by atoms with Crippen molar-refractivity contribution >= 4 is 11.8 Å². The van der Waals surface area contributed by atoms with E-state index in [1.807, 2.05) is 18.2 Å². The highest BCUT2D eigenvalue weighted by Gasteiger charge is 2.21. The van der Waals surface area contributed by atoms with Gasteiger partial charge in [-0.15, -0.1) is 5.10 Å². The van der Waals surface area contributed by atoms with Gasteiger partial charge in [-0.25, -0.2) is 0 Å². The van der Waals surface area contributed by atoms with E-state index in [0.29, 0.717) is 30.0 Å². The van der Waals surface area contributed by atoms with Crippen LogP contribution in [0.1, 0.15) is 18.4 Å². The number of benzene rings is 1. The van der Waals surface area contributed by atoms with Crippen molar-refractivity contribution < 1.29 is 9.47 Å². The number of nitrogens with one attached hydrogen (secondary N) is 2. The first-order chi connectivity index (χ1) is 10.8. The predicted molar refractivity (Wildman–Crippen MR) is 83.3 cm³/mol. The van der Waals surface area contributed by atoms with Gasteiger partial charge in [-0.1, -0.05) is 6.07 Å². The first kappa shape index (κ1) is 14.4. The average molecular weight is 301 g/mol. The van der Waals surface area contributed by atoms with Crippen molar-refractivity contribution in [1.82, 2.24) is 15.2 Å². The molecule has 2 aromatic rings. The van der Waals surface area contributed by atoms with Crippen LogP contribution >= 0.6 is 0 Å². The van der Waals surface area contributed by atoms with Crippen LogP contribution in [0.3, 0.4) is 0 Å². The molecule has 0 saturated heterocycles. The predicted octanol–water partition coefficient (Wildman–Crippen LogP) is 2.08. The van der Waals surface area contributed by atoms with Crippen LogP contribution in [0.15, 0.2) is 24.4 Å². The Bertz CT molecular complexity index is 646. The van der Waals surface area contributed by atoms with Gasteiger partial charge in [0, 0.05) is 12.6 Å². The Hall–Kier alpha value is -2.57. The van der Waals surface area contributed by atoms with Crippen LogP contribution in [-0.2, 0) is 6.54 Å². The summed E-state index contributed by atoms with van der Waals surface area (Å²) in [4.78, 5) is 4.39. The molecule has 1 aromatic heterocycles. The Morgan fingerprint density at radius 1 is 1.18 bits per heavy atom. The fourth-order valence-electron chi connectivity index (χ4n) is 2.06. The number of ether oxygens (including phenoxy) is 2. The van der Waals surface area contributed by atoms with Crippen molar-refractivity contribution in [2.45, 2.75) is 25.4 Å². The molecule has 7 heteroatoms. The first-order valence-electron chi connectivity index (χ1n) is 7.19. The zero-order valence-corrected chi connectivity index (χ0v) is 12.7. The summed E-state index contributed by atoms with van der Waals surface area (Å²) in [5.41, 5.74) is 1.04. The molecule has 7 nitrogen and oxygen atoms in total. The fourth-order valence-corrected chi connectivity index (χ4v) is 2.06. The lowest BCUT2D eigenvalue weighted by molar-refractivity contribution is 0.354. The number of methoxy groups -OCH3 is 2. The minimum Gasteiger partial charge on any atom is -0.493 e. The molecule has 2 N–H and O–H groups in total. The molecule has 0 bridgehead atoms. The van der Waals surface area contributed by atoms with Gasteiger partial charge in [-0.2, -0.15) is 10.1 Å². The Balaban J connectivity index is 1.64. The van der Waals surface area contributed by atoms with E-state index in [9.17, 15) is 0 Å². The van der Waals surface area contributed by atoms with E-state index in [2.05, 4.69) is 25.8 Å². The number of aromatic nitrogens is 3. The van der Waals surface area contributed by atoms with Gasteiger partial charge < -0.3 is 20.1 Å². The number of rotatable bonds is 7. The Kier molecular flexibility index (Phi) is 4.22. The van der Waals surface area contributed by atoms with Crippen LogP contribution in [0.2, 0.25) is 0 Å². The molecule has 1 heterocycles.